The van der Waals surface area contributed by atoms with E-state index in [-0.39, 0.29) is 27.6 Å². The van der Waals surface area contributed by atoms with Crippen LogP contribution in [0.4, 0.5) is 4.79 Å². The van der Waals surface area contributed by atoms with Crippen molar-refractivity contribution in [2.24, 2.45) is 4.99 Å². The maximum absolute atomic E-state index is 11.6. The number of pyridine rings is 1. The van der Waals surface area contributed by atoms with Gasteiger partial charge in [0.05, 0.1) is 22.1 Å². The van der Waals surface area contributed by atoms with Crippen LogP contribution in [0.25, 0.3) is 0 Å². The topological polar surface area (TPSA) is 110 Å². The number of allylic oxidation sites excluding steroid dienone is 1. The van der Waals surface area contributed by atoms with Crippen LogP contribution in [-0.2, 0) is 28.9 Å². The number of imide groups is 1. The minimum absolute atomic E-state index is 0.122. The summed E-state index contributed by atoms with van der Waals surface area (Å²) in [5.41, 5.74) is 5.57. The number of aromatic nitrogens is 1. The Morgan fingerprint density at radius 2 is 1.64 bits per heavy atom. The van der Waals surface area contributed by atoms with Gasteiger partial charge >= 0.3 is 0 Å². The van der Waals surface area contributed by atoms with E-state index in [1.54, 1.807) is 11.8 Å². The Bertz CT molecular complexity index is 1320. The first-order chi connectivity index (χ1) is 21.0. The van der Waals surface area contributed by atoms with Crippen molar-refractivity contribution in [3.05, 3.63) is 82.8 Å². The van der Waals surface area contributed by atoms with Crippen LogP contribution < -0.4 is 15.4 Å². The molecule has 2 aliphatic rings. The zero-order valence-corrected chi connectivity index (χ0v) is 28.4. The first kappa shape index (κ1) is 36.8. The molecular weight excluding hydrogens is 593 g/mol. The minimum atomic E-state index is -0.337. The van der Waals surface area contributed by atoms with Gasteiger partial charge in [0, 0.05) is 29.7 Å². The van der Waals surface area contributed by atoms with Crippen LogP contribution in [-0.4, -0.2) is 44.9 Å². The van der Waals surface area contributed by atoms with Crippen molar-refractivity contribution in [1.82, 2.24) is 15.6 Å². The highest BCUT2D eigenvalue weighted by atomic mass is 32.2. The van der Waals surface area contributed by atoms with Gasteiger partial charge in [0.15, 0.2) is 0 Å². The zero-order valence-electron chi connectivity index (χ0n) is 26.8. The van der Waals surface area contributed by atoms with Crippen molar-refractivity contribution >= 4 is 46.3 Å². The predicted octanol–water partition coefficient (Wildman–Crippen LogP) is 7.43. The molecule has 2 aliphatic heterocycles. The second-order valence-corrected chi connectivity index (χ2v) is 13.0. The lowest BCUT2D eigenvalue weighted by Gasteiger charge is -2.09. The van der Waals surface area contributed by atoms with E-state index in [0.717, 1.165) is 71.6 Å². The molecular formula is C34H46N4O4S2. The number of nitrogens with one attached hydrogen (secondary N) is 2. The van der Waals surface area contributed by atoms with Crippen molar-refractivity contribution < 1.29 is 19.1 Å². The van der Waals surface area contributed by atoms with E-state index >= 15 is 0 Å². The number of rotatable bonds is 11. The highest BCUT2D eigenvalue weighted by molar-refractivity contribution is 8.15. The van der Waals surface area contributed by atoms with Gasteiger partial charge in [-0.25, -0.2) is 0 Å². The van der Waals surface area contributed by atoms with Gasteiger partial charge in [-0.05, 0) is 76.3 Å². The van der Waals surface area contributed by atoms with Crippen LogP contribution in [0.2, 0.25) is 0 Å². The summed E-state index contributed by atoms with van der Waals surface area (Å²) in [6.45, 7) is 16.6. The number of aliphatic imine (C=N–C) groups is 1. The summed E-state index contributed by atoms with van der Waals surface area (Å²) in [7, 11) is 0. The van der Waals surface area contributed by atoms with Crippen LogP contribution in [0.15, 0.2) is 70.8 Å². The number of nitrogens with zero attached hydrogens (tertiary/aromatic N) is 2. The molecule has 238 valence electrons. The van der Waals surface area contributed by atoms with Crippen molar-refractivity contribution in [3.8, 4) is 5.75 Å². The number of aryl methyl sites for hydroxylation is 1. The summed E-state index contributed by atoms with van der Waals surface area (Å²) in [5.74, 6) is 0.698. The average Bonchev–Trinajstić information content (AvgIpc) is 3.50. The molecule has 0 saturated carbocycles. The van der Waals surface area contributed by atoms with Gasteiger partial charge < -0.3 is 10.1 Å². The van der Waals surface area contributed by atoms with E-state index in [1.807, 2.05) is 69.4 Å². The highest BCUT2D eigenvalue weighted by Crippen LogP contribution is 2.28. The number of hydrogen-bond acceptors (Lipinski definition) is 8. The Morgan fingerprint density at radius 3 is 2.18 bits per heavy atom. The van der Waals surface area contributed by atoms with E-state index < -0.39 is 0 Å². The molecule has 2 aromatic rings. The third kappa shape index (κ3) is 13.9. The molecule has 3 amide bonds. The Kier molecular flexibility index (Phi) is 16.6. The molecule has 0 spiro atoms. The maximum Gasteiger partial charge on any atom is 0.286 e. The van der Waals surface area contributed by atoms with Crippen LogP contribution in [0.5, 0.6) is 5.75 Å². The summed E-state index contributed by atoms with van der Waals surface area (Å²) in [6.07, 6.45) is 7.18. The maximum atomic E-state index is 11.6. The molecule has 1 aromatic carbocycles. The molecule has 10 heteroatoms. The zero-order chi connectivity index (χ0) is 32.5. The Balaban J connectivity index is 0.000000292. The van der Waals surface area contributed by atoms with E-state index in [9.17, 15) is 14.4 Å². The second-order valence-electron chi connectivity index (χ2n) is 10.5. The molecule has 2 atom stereocenters. The summed E-state index contributed by atoms with van der Waals surface area (Å²) >= 11 is 2.59. The molecule has 2 unspecified atom stereocenters. The van der Waals surface area contributed by atoms with Crippen LogP contribution in [0.3, 0.4) is 0 Å². The second kappa shape index (κ2) is 19.8. The first-order valence-corrected chi connectivity index (χ1v) is 16.8. The van der Waals surface area contributed by atoms with Gasteiger partial charge in [-0.1, -0.05) is 81.1 Å². The molecule has 0 bridgehead atoms. The summed E-state index contributed by atoms with van der Waals surface area (Å²) < 4.78 is 5.77. The highest BCUT2D eigenvalue weighted by Gasteiger charge is 2.31. The van der Waals surface area contributed by atoms with E-state index in [2.05, 4.69) is 48.0 Å². The van der Waals surface area contributed by atoms with E-state index in [1.165, 1.54) is 11.3 Å². The van der Waals surface area contributed by atoms with Crippen LogP contribution in [0.1, 0.15) is 77.8 Å². The number of amides is 3. The molecule has 0 aliphatic carbocycles. The SMILES string of the molecule is C=C1NC(=O)C(CCC)S1.CCC(C)=NC=C(C)C.CCc1cccc(CCOc2ccc(CC3SC(=O)NC3=O)cc2)n1. The Hall–Kier alpha value is -3.37. The lowest BCUT2D eigenvalue weighted by molar-refractivity contribution is -0.120. The quantitative estimate of drug-likeness (QED) is 0.246. The fourth-order valence-electron chi connectivity index (χ4n) is 3.86. The average molecular weight is 639 g/mol. The number of thioether (sulfide) groups is 2. The molecule has 8 nitrogen and oxygen atoms in total. The number of carbonyl (C=O) groups excluding carboxylic acids is 3. The molecule has 2 saturated heterocycles. The predicted molar refractivity (Wildman–Crippen MR) is 184 cm³/mol. The van der Waals surface area contributed by atoms with Crippen molar-refractivity contribution in [1.29, 1.82) is 0 Å². The molecule has 2 N–H and O–H groups in total. The lowest BCUT2D eigenvalue weighted by Crippen LogP contribution is -2.25. The van der Waals surface area contributed by atoms with Gasteiger partial charge in [-0.3, -0.25) is 29.7 Å². The molecule has 4 rings (SSSR count). The molecule has 1 aromatic heterocycles. The van der Waals surface area contributed by atoms with Crippen molar-refractivity contribution in [2.45, 2.75) is 90.6 Å². The monoisotopic (exact) mass is 638 g/mol. The molecule has 0 radical (unpaired) electrons. The number of hydrogen-bond donors (Lipinski definition) is 2. The summed E-state index contributed by atoms with van der Waals surface area (Å²) in [5, 5.41) is 5.30. The fourth-order valence-corrected chi connectivity index (χ4v) is 5.74. The number of benzene rings is 1. The third-order valence-corrected chi connectivity index (χ3v) is 8.51. The van der Waals surface area contributed by atoms with E-state index in [0.29, 0.717) is 13.0 Å². The van der Waals surface area contributed by atoms with Gasteiger partial charge in [-0.2, -0.15) is 0 Å². The largest absolute Gasteiger partial charge is 0.493 e. The standard InChI is InChI=1S/C19H20N2O3S.C8H15N.C7H11NOS/c1-2-14-4-3-5-15(20-14)10-11-24-16-8-6-13(7-9-16)12-17-18(22)21-19(23)25-17;1-5-8(4)9-6-7(2)3;1-3-4-6-7(9)8-5(2)10-6/h3-9,17H,2,10-12H2,1H3,(H,21,22,23);6H,5H2,1-4H3;6H,2-4H2,1H3,(H,8,9). The lowest BCUT2D eigenvalue weighted by atomic mass is 10.1. The third-order valence-electron chi connectivity index (χ3n) is 6.41. The molecule has 3 heterocycles. The van der Waals surface area contributed by atoms with Gasteiger partial charge in [0.25, 0.3) is 5.24 Å². The van der Waals surface area contributed by atoms with Gasteiger partial charge in [0.2, 0.25) is 11.8 Å². The Morgan fingerprint density at radius 1 is 0.955 bits per heavy atom. The summed E-state index contributed by atoms with van der Waals surface area (Å²) in [4.78, 5) is 42.5. The smallest absolute Gasteiger partial charge is 0.286 e. The Labute approximate surface area is 271 Å². The van der Waals surface area contributed by atoms with Crippen molar-refractivity contribution in [3.63, 3.8) is 0 Å². The fraction of sp³-hybridized carbons (Fsp3) is 0.441. The van der Waals surface area contributed by atoms with Gasteiger partial charge in [-0.15, -0.1) is 0 Å². The summed E-state index contributed by atoms with van der Waals surface area (Å²) in [6, 6.07) is 13.7. The molecule has 44 heavy (non-hydrogen) atoms. The van der Waals surface area contributed by atoms with Crippen LogP contribution in [0, 0.1) is 0 Å². The first-order valence-electron chi connectivity index (χ1n) is 15.1. The van der Waals surface area contributed by atoms with Crippen LogP contribution >= 0.6 is 23.5 Å². The van der Waals surface area contributed by atoms with E-state index in [4.69, 9.17) is 4.74 Å². The minimum Gasteiger partial charge on any atom is -0.493 e. The van der Waals surface area contributed by atoms with Crippen molar-refractivity contribution in [2.75, 3.05) is 6.61 Å². The number of carbonyl (C=O) groups is 3. The number of ether oxygens (including phenoxy) is 1. The van der Waals surface area contributed by atoms with Gasteiger partial charge in [0.1, 0.15) is 5.75 Å². The molecule has 2 fully saturated rings. The normalized spacial score (nSPS) is 17.5.